The number of aromatic carboxylic acids is 1. The average molecular weight is 218 g/mol. The molecule has 86 valence electrons. The fraction of sp³-hybridized carbons (Fsp3) is 0.357. The van der Waals surface area contributed by atoms with Crippen LogP contribution < -0.4 is 0 Å². The zero-order valence-corrected chi connectivity index (χ0v) is 9.48. The highest BCUT2D eigenvalue weighted by Crippen LogP contribution is 2.13. The molecular formula is C14H18O2. The van der Waals surface area contributed by atoms with E-state index in [-0.39, 0.29) is 0 Å². The van der Waals surface area contributed by atoms with Gasteiger partial charge in [0.25, 0.3) is 0 Å². The largest absolute Gasteiger partial charge is 0.478 e. The maximum atomic E-state index is 10.9. The highest BCUT2D eigenvalue weighted by atomic mass is 16.4. The number of hydrogen-bond acceptors (Lipinski definition) is 1. The van der Waals surface area contributed by atoms with E-state index < -0.39 is 5.97 Å². The molecule has 0 atom stereocenters. The Morgan fingerprint density at radius 1 is 1.25 bits per heavy atom. The molecule has 0 unspecified atom stereocenters. The van der Waals surface area contributed by atoms with Crippen LogP contribution in [0.15, 0.2) is 36.9 Å². The lowest BCUT2D eigenvalue weighted by atomic mass is 10.0. The molecule has 0 spiro atoms. The Kier molecular flexibility index (Phi) is 5.34. The molecule has 0 saturated heterocycles. The van der Waals surface area contributed by atoms with E-state index in [1.165, 1.54) is 0 Å². The Bertz CT molecular complexity index is 356. The van der Waals surface area contributed by atoms with Gasteiger partial charge >= 0.3 is 5.97 Å². The lowest BCUT2D eigenvalue weighted by Crippen LogP contribution is -2.02. The zero-order chi connectivity index (χ0) is 11.8. The molecule has 0 saturated carbocycles. The molecule has 1 aromatic carbocycles. The third-order valence-corrected chi connectivity index (χ3v) is 2.60. The maximum Gasteiger partial charge on any atom is 0.335 e. The molecule has 0 amide bonds. The Balaban J connectivity index is 2.47. The van der Waals surface area contributed by atoms with Gasteiger partial charge in [-0.1, -0.05) is 30.7 Å². The van der Waals surface area contributed by atoms with Crippen molar-refractivity contribution in [2.75, 3.05) is 0 Å². The number of aryl methyl sites for hydroxylation is 1. The quantitative estimate of drug-likeness (QED) is 0.560. The summed E-state index contributed by atoms with van der Waals surface area (Å²) in [5.41, 5.74) is 1.37. The Hall–Kier alpha value is -1.57. The fourth-order valence-electron chi connectivity index (χ4n) is 1.73. The molecule has 1 N–H and O–H groups in total. The minimum Gasteiger partial charge on any atom is -0.478 e. The van der Waals surface area contributed by atoms with Gasteiger partial charge in [0.1, 0.15) is 0 Å². The number of hydrogen-bond donors (Lipinski definition) is 1. The summed E-state index contributed by atoms with van der Waals surface area (Å²) in [5.74, 6) is -0.832. The summed E-state index contributed by atoms with van der Waals surface area (Å²) in [7, 11) is 0. The van der Waals surface area contributed by atoms with E-state index in [4.69, 9.17) is 5.11 Å². The number of unbranched alkanes of at least 4 members (excludes halogenated alkanes) is 3. The lowest BCUT2D eigenvalue weighted by molar-refractivity contribution is 0.0695. The molecule has 0 aliphatic heterocycles. The van der Waals surface area contributed by atoms with E-state index in [9.17, 15) is 4.79 Å². The van der Waals surface area contributed by atoms with Crippen molar-refractivity contribution in [2.45, 2.75) is 32.1 Å². The van der Waals surface area contributed by atoms with Crippen LogP contribution in [-0.4, -0.2) is 11.1 Å². The summed E-state index contributed by atoms with van der Waals surface area (Å²) >= 11 is 0. The van der Waals surface area contributed by atoms with Crippen molar-refractivity contribution in [3.8, 4) is 0 Å². The first kappa shape index (κ1) is 12.5. The van der Waals surface area contributed by atoms with Crippen molar-refractivity contribution in [3.63, 3.8) is 0 Å². The molecule has 2 heteroatoms. The summed E-state index contributed by atoms with van der Waals surface area (Å²) in [4.78, 5) is 10.9. The molecule has 0 fully saturated rings. The maximum absolute atomic E-state index is 10.9. The van der Waals surface area contributed by atoms with E-state index in [1.807, 2.05) is 18.2 Å². The van der Waals surface area contributed by atoms with Crippen LogP contribution in [0.1, 0.15) is 41.6 Å². The molecule has 1 rings (SSSR count). The van der Waals surface area contributed by atoms with Gasteiger partial charge in [0, 0.05) is 0 Å². The summed E-state index contributed by atoms with van der Waals surface area (Å²) in [5, 5.41) is 8.99. The van der Waals surface area contributed by atoms with Crippen LogP contribution in [0.5, 0.6) is 0 Å². The number of allylic oxidation sites excluding steroid dienone is 1. The zero-order valence-electron chi connectivity index (χ0n) is 9.48. The van der Waals surface area contributed by atoms with Crippen molar-refractivity contribution < 1.29 is 9.90 Å². The number of rotatable bonds is 7. The topological polar surface area (TPSA) is 37.3 Å². The second-order valence-electron chi connectivity index (χ2n) is 3.85. The summed E-state index contributed by atoms with van der Waals surface area (Å²) < 4.78 is 0. The molecule has 0 bridgehead atoms. The molecule has 0 aliphatic rings. The van der Waals surface area contributed by atoms with Crippen molar-refractivity contribution in [2.24, 2.45) is 0 Å². The van der Waals surface area contributed by atoms with Gasteiger partial charge in [-0.05, 0) is 37.3 Å². The van der Waals surface area contributed by atoms with Gasteiger partial charge in [-0.15, -0.1) is 6.58 Å². The lowest BCUT2D eigenvalue weighted by Gasteiger charge is -2.05. The van der Waals surface area contributed by atoms with Crippen LogP contribution in [0, 0.1) is 0 Å². The van der Waals surface area contributed by atoms with Gasteiger partial charge < -0.3 is 5.11 Å². The molecule has 16 heavy (non-hydrogen) atoms. The van der Waals surface area contributed by atoms with Crippen molar-refractivity contribution in [1.29, 1.82) is 0 Å². The van der Waals surface area contributed by atoms with Crippen LogP contribution in [0.25, 0.3) is 0 Å². The van der Waals surface area contributed by atoms with Crippen molar-refractivity contribution >= 4 is 5.97 Å². The minimum atomic E-state index is -0.832. The predicted molar refractivity (Wildman–Crippen MR) is 65.8 cm³/mol. The second kappa shape index (κ2) is 6.83. The highest BCUT2D eigenvalue weighted by molar-refractivity contribution is 5.89. The Morgan fingerprint density at radius 2 is 2.00 bits per heavy atom. The first-order valence-electron chi connectivity index (χ1n) is 5.68. The van der Waals surface area contributed by atoms with E-state index in [2.05, 4.69) is 6.58 Å². The molecule has 0 radical (unpaired) electrons. The van der Waals surface area contributed by atoms with E-state index in [0.717, 1.165) is 37.7 Å². The summed E-state index contributed by atoms with van der Waals surface area (Å²) in [6.07, 6.45) is 7.11. The van der Waals surface area contributed by atoms with Crippen LogP contribution >= 0.6 is 0 Å². The number of carboxylic acids is 1. The second-order valence-corrected chi connectivity index (χ2v) is 3.85. The molecule has 0 aliphatic carbocycles. The Morgan fingerprint density at radius 3 is 2.69 bits per heavy atom. The van der Waals surface area contributed by atoms with Crippen molar-refractivity contribution in [3.05, 3.63) is 48.0 Å². The number of carboxylic acid groups (broad SMARTS) is 1. The summed E-state index contributed by atoms with van der Waals surface area (Å²) in [6.45, 7) is 3.68. The third-order valence-electron chi connectivity index (χ3n) is 2.60. The van der Waals surface area contributed by atoms with Crippen LogP contribution in [0.4, 0.5) is 0 Å². The highest BCUT2D eigenvalue weighted by Gasteiger charge is 2.07. The smallest absolute Gasteiger partial charge is 0.335 e. The van der Waals surface area contributed by atoms with E-state index >= 15 is 0 Å². The van der Waals surface area contributed by atoms with Gasteiger partial charge in [0.15, 0.2) is 0 Å². The molecule has 2 nitrogen and oxygen atoms in total. The van der Waals surface area contributed by atoms with Gasteiger partial charge in [-0.3, -0.25) is 0 Å². The van der Waals surface area contributed by atoms with Gasteiger partial charge in [-0.2, -0.15) is 0 Å². The van der Waals surface area contributed by atoms with Gasteiger partial charge in [0.05, 0.1) is 5.56 Å². The molecular weight excluding hydrogens is 200 g/mol. The molecule has 0 aromatic heterocycles. The Labute approximate surface area is 96.6 Å². The molecule has 0 heterocycles. The monoisotopic (exact) mass is 218 g/mol. The van der Waals surface area contributed by atoms with Crippen LogP contribution in [-0.2, 0) is 6.42 Å². The molecule has 1 aromatic rings. The van der Waals surface area contributed by atoms with E-state index in [1.54, 1.807) is 12.1 Å². The van der Waals surface area contributed by atoms with Gasteiger partial charge in [0.2, 0.25) is 0 Å². The van der Waals surface area contributed by atoms with Gasteiger partial charge in [-0.25, -0.2) is 4.79 Å². The summed E-state index contributed by atoms with van der Waals surface area (Å²) in [6, 6.07) is 7.23. The average Bonchev–Trinajstić information content (AvgIpc) is 2.29. The normalized spacial score (nSPS) is 10.0. The van der Waals surface area contributed by atoms with Crippen LogP contribution in [0.3, 0.4) is 0 Å². The fourth-order valence-corrected chi connectivity index (χ4v) is 1.73. The SMILES string of the molecule is C=CCCCCCc1ccccc1C(=O)O. The first-order chi connectivity index (χ1) is 7.75. The van der Waals surface area contributed by atoms with E-state index in [0.29, 0.717) is 5.56 Å². The third kappa shape index (κ3) is 3.89. The number of benzene rings is 1. The van der Waals surface area contributed by atoms with Crippen molar-refractivity contribution in [1.82, 2.24) is 0 Å². The minimum absolute atomic E-state index is 0.436. The standard InChI is InChI=1S/C14H18O2/c1-2-3-4-5-6-9-12-10-7-8-11-13(12)14(15)16/h2,7-8,10-11H,1,3-6,9H2,(H,15,16). The predicted octanol–water partition coefficient (Wildman–Crippen LogP) is 3.67. The number of carbonyl (C=O) groups is 1. The first-order valence-corrected chi connectivity index (χ1v) is 5.68. The van der Waals surface area contributed by atoms with Crippen LogP contribution in [0.2, 0.25) is 0 Å².